The Morgan fingerprint density at radius 2 is 0.824 bits per heavy atom. The van der Waals surface area contributed by atoms with Crippen molar-refractivity contribution >= 4 is 81.2 Å². The van der Waals surface area contributed by atoms with Gasteiger partial charge in [0.25, 0.3) is 0 Å². The molecular weight excluding hydrogens is 1440 g/mol. The zero-order valence-electron chi connectivity index (χ0n) is 60.8. The number of morpholine rings is 2. The molecule has 4 N–H and O–H groups in total. The van der Waals surface area contributed by atoms with Gasteiger partial charge < -0.3 is 50.0 Å². The third-order valence-electron chi connectivity index (χ3n) is 18.6. The van der Waals surface area contributed by atoms with Crippen LogP contribution in [0.2, 0.25) is 0 Å². The lowest BCUT2D eigenvalue weighted by Gasteiger charge is -2.29. The highest BCUT2D eigenvalue weighted by molar-refractivity contribution is 7.11. The summed E-state index contributed by atoms with van der Waals surface area (Å²) in [6, 6.07) is 38.3. The summed E-state index contributed by atoms with van der Waals surface area (Å²) in [7, 11) is 3.49. The Kier molecular flexibility index (Phi) is 40.1. The topological polar surface area (TPSA) is 252 Å². The first kappa shape index (κ1) is 88.6. The fourth-order valence-electron chi connectivity index (χ4n) is 12.8. The number of carbonyl (C=O) groups excluding carboxylic acids is 6. The van der Waals surface area contributed by atoms with Crippen molar-refractivity contribution in [1.82, 2.24) is 60.8 Å². The largest absolute Gasteiger partial charge is 0.444 e. The average molecular weight is 1560 g/mol. The highest BCUT2D eigenvalue weighted by atomic mass is 32.1. The van der Waals surface area contributed by atoms with E-state index < -0.39 is 24.3 Å². The van der Waals surface area contributed by atoms with Crippen LogP contribution in [0.4, 0.5) is 19.2 Å². The number of amides is 6. The molecule has 0 bridgehead atoms. The van der Waals surface area contributed by atoms with Crippen LogP contribution in [0.25, 0.3) is 0 Å². The maximum Gasteiger partial charge on any atom is 0.407 e. The minimum absolute atomic E-state index is 0. The van der Waals surface area contributed by atoms with Crippen LogP contribution in [-0.2, 0) is 80.5 Å². The summed E-state index contributed by atoms with van der Waals surface area (Å²) in [6.07, 6.45) is 13.0. The van der Waals surface area contributed by atoms with Crippen LogP contribution in [0.3, 0.4) is 0 Å². The molecule has 6 heterocycles. The summed E-state index contributed by atoms with van der Waals surface area (Å²) in [5.74, 6) is 0.329. The van der Waals surface area contributed by atoms with Gasteiger partial charge in [-0.3, -0.25) is 34.3 Å². The van der Waals surface area contributed by atoms with Crippen molar-refractivity contribution in [3.05, 3.63) is 209 Å². The molecule has 4 aromatic heterocycles. The summed E-state index contributed by atoms with van der Waals surface area (Å²) >= 11 is 5.98. The van der Waals surface area contributed by atoms with Gasteiger partial charge >= 0.3 is 24.2 Å². The Morgan fingerprint density at radius 3 is 1.18 bits per heavy atom. The van der Waals surface area contributed by atoms with Crippen LogP contribution in [0.15, 0.2) is 163 Å². The molecule has 4 aromatic carbocycles. The number of aromatic nitrogens is 4. The van der Waals surface area contributed by atoms with Crippen molar-refractivity contribution in [2.45, 2.75) is 170 Å². The Balaban J connectivity index is 0.000000329. The van der Waals surface area contributed by atoms with Gasteiger partial charge in [0, 0.05) is 119 Å². The van der Waals surface area contributed by atoms with Crippen LogP contribution in [0.5, 0.6) is 0 Å². The standard InChI is InChI=1S/C41H54N6O5S2.C38H48N6O5S2.3CH4/c1-30(2)39-43-26-35(54-39)27-46(3)40(49)45-37(16-17-47-18-20-51-21-19-47)38(48)24-33(22-31-10-6-4-7-11-31)14-15-34(23-32-12-8-5-9-13-32)44-41(50)52-28-36-25-42-29-53-36;1-43(25-33-23-39-27-50-33)37(46)42-35(14-15-44-16-18-48-19-17-44)36(45)22-31(20-29-8-4-2-5-9-29)12-13-32(21-30-10-6-3-7-11-30)41-38(47)49-26-34-24-40-28-51-34;;;/h4-13,25-26,29-30,33-34,37H,14-24,27-28H2,1-3H3,(H,44,50)(H,45,49);2-11,23-24,27-28,31-32,35H,12-22,25-26H2,1H3,(H,41,47)(H,42,46);3*1H4. The molecule has 26 heteroatoms. The lowest BCUT2D eigenvalue weighted by atomic mass is 9.86. The normalized spacial score (nSPS) is 14.6. The lowest BCUT2D eigenvalue weighted by molar-refractivity contribution is -0.123. The van der Waals surface area contributed by atoms with Crippen LogP contribution < -0.4 is 21.3 Å². The van der Waals surface area contributed by atoms with E-state index in [1.165, 1.54) is 34.0 Å². The number of Topliss-reactive ketones (excluding diaryl/α,β-unsaturated/α-hetero) is 2. The second-order valence-electron chi connectivity index (χ2n) is 27.2. The Morgan fingerprint density at radius 1 is 0.463 bits per heavy atom. The predicted molar refractivity (Wildman–Crippen MR) is 434 cm³/mol. The molecule has 10 rings (SSSR count). The minimum Gasteiger partial charge on any atom is -0.444 e. The van der Waals surface area contributed by atoms with E-state index in [4.69, 9.17) is 18.9 Å². The second-order valence-corrected chi connectivity index (χ2v) is 31.3. The molecule has 2 aliphatic rings. The number of ketones is 2. The van der Waals surface area contributed by atoms with E-state index in [1.807, 2.05) is 79.0 Å². The zero-order valence-corrected chi connectivity index (χ0v) is 64.1. The highest BCUT2D eigenvalue weighted by Gasteiger charge is 2.31. The molecule has 0 saturated carbocycles. The number of nitrogens with one attached hydrogen (secondary N) is 4. The minimum atomic E-state index is -0.645. The van der Waals surface area contributed by atoms with E-state index in [-0.39, 0.29) is 83.0 Å². The van der Waals surface area contributed by atoms with Gasteiger partial charge in [0.2, 0.25) is 0 Å². The number of thiazole rings is 4. The van der Waals surface area contributed by atoms with Gasteiger partial charge in [0.1, 0.15) is 13.2 Å². The summed E-state index contributed by atoms with van der Waals surface area (Å²) in [5, 5.41) is 13.4. The van der Waals surface area contributed by atoms with E-state index in [0.29, 0.717) is 136 Å². The van der Waals surface area contributed by atoms with Crippen molar-refractivity contribution in [3.63, 3.8) is 0 Å². The molecule has 6 unspecified atom stereocenters. The number of hydrogen-bond acceptors (Lipinski definition) is 20. The Labute approximate surface area is 656 Å². The molecule has 586 valence electrons. The molecule has 108 heavy (non-hydrogen) atoms. The summed E-state index contributed by atoms with van der Waals surface area (Å²) in [5.41, 5.74) is 9.67. The number of nitrogens with zero attached hydrogens (tertiary/aromatic N) is 8. The number of hydrogen-bond donors (Lipinski definition) is 4. The molecule has 2 fully saturated rings. The molecule has 22 nitrogen and oxygen atoms in total. The van der Waals surface area contributed by atoms with Crippen LogP contribution in [-0.4, -0.2) is 179 Å². The molecular formula is C82H114N12O10S4. The first-order valence-electron chi connectivity index (χ1n) is 36.4. The van der Waals surface area contributed by atoms with Crippen molar-refractivity contribution in [2.24, 2.45) is 11.8 Å². The van der Waals surface area contributed by atoms with Gasteiger partial charge in [0.15, 0.2) is 11.6 Å². The monoisotopic (exact) mass is 1550 g/mol. The summed E-state index contributed by atoms with van der Waals surface area (Å²) in [4.78, 5) is 110. The van der Waals surface area contributed by atoms with E-state index in [9.17, 15) is 28.8 Å². The van der Waals surface area contributed by atoms with Crippen molar-refractivity contribution in [3.8, 4) is 0 Å². The molecule has 0 radical (unpaired) electrons. The fourth-order valence-corrected chi connectivity index (χ4v) is 15.4. The molecule has 6 amide bonds. The van der Waals surface area contributed by atoms with Crippen molar-refractivity contribution in [2.75, 3.05) is 79.8 Å². The number of alkyl carbamates (subject to hydrolysis) is 2. The maximum absolute atomic E-state index is 14.3. The van der Waals surface area contributed by atoms with E-state index in [2.05, 4.69) is 113 Å². The van der Waals surface area contributed by atoms with Gasteiger partial charge in [-0.05, 0) is 98.3 Å². The number of rotatable bonds is 39. The Hall–Kier alpha value is -8.34. The van der Waals surface area contributed by atoms with Gasteiger partial charge in [-0.1, -0.05) is 157 Å². The quantitative estimate of drug-likeness (QED) is 0.0279. The third kappa shape index (κ3) is 32.5. The van der Waals surface area contributed by atoms with Crippen molar-refractivity contribution < 1.29 is 47.7 Å². The van der Waals surface area contributed by atoms with E-state index in [0.717, 1.165) is 72.9 Å². The zero-order chi connectivity index (χ0) is 73.8. The number of benzene rings is 4. The third-order valence-corrected chi connectivity index (χ3v) is 22.1. The molecule has 2 aliphatic heterocycles. The summed E-state index contributed by atoms with van der Waals surface area (Å²) in [6.45, 7) is 12.6. The van der Waals surface area contributed by atoms with Crippen molar-refractivity contribution in [1.29, 1.82) is 0 Å². The molecule has 8 aromatic rings. The average Bonchev–Trinajstić information content (AvgIpc) is 1.21. The van der Waals surface area contributed by atoms with Gasteiger partial charge in [-0.2, -0.15) is 0 Å². The highest BCUT2D eigenvalue weighted by Crippen LogP contribution is 2.27. The van der Waals surface area contributed by atoms with Crippen LogP contribution in [0, 0.1) is 11.8 Å². The SMILES string of the molecule is C.C.C.CC(C)c1ncc(CN(C)C(=O)NC(CCN2CCOCC2)C(=O)CC(CCC(Cc2ccccc2)NC(=O)OCc2cncs2)Cc2ccccc2)s1.CN(Cc1cncs1)C(=O)NC(CCN1CCOCC1)C(=O)CC(CCC(Cc1ccccc1)NC(=O)OCc1cncs1)Cc1ccccc1. The molecule has 0 spiro atoms. The van der Waals surface area contributed by atoms with E-state index >= 15 is 0 Å². The predicted octanol–water partition coefficient (Wildman–Crippen LogP) is 15.0. The number of ether oxygens (including phenoxy) is 4. The fraction of sp³-hybridized carbons (Fsp3) is 0.488. The molecule has 2 saturated heterocycles. The van der Waals surface area contributed by atoms with Crippen LogP contribution in [0.1, 0.15) is 140 Å². The van der Waals surface area contributed by atoms with Crippen LogP contribution >= 0.6 is 45.3 Å². The molecule has 6 atom stereocenters. The van der Waals surface area contributed by atoms with E-state index in [1.54, 1.807) is 70.4 Å². The summed E-state index contributed by atoms with van der Waals surface area (Å²) < 4.78 is 22.1. The first-order valence-corrected chi connectivity index (χ1v) is 39.9. The second kappa shape index (κ2) is 48.9. The van der Waals surface area contributed by atoms with Gasteiger partial charge in [0.05, 0.1) is 82.9 Å². The smallest absolute Gasteiger partial charge is 0.407 e. The number of carbonyl (C=O) groups is 6. The first-order chi connectivity index (χ1) is 51.1. The lowest BCUT2D eigenvalue weighted by Crippen LogP contribution is -2.48. The molecule has 0 aliphatic carbocycles. The maximum atomic E-state index is 14.3. The number of urea groups is 2. The Bertz CT molecular complexity index is 3780. The van der Waals surface area contributed by atoms with Gasteiger partial charge in [-0.15, -0.1) is 45.3 Å². The van der Waals surface area contributed by atoms with Gasteiger partial charge in [-0.25, -0.2) is 24.2 Å².